The standard InChI is InChI=1S/C11H15ClN2O2/c1-3-16-7-8(2)14-11(15)10-6-9(12)4-5-13-10/h4-6,8H,3,7H2,1-2H3,(H,14,15). The number of amides is 1. The molecule has 0 radical (unpaired) electrons. The van der Waals surface area contributed by atoms with Gasteiger partial charge in [0.15, 0.2) is 0 Å². The fourth-order valence-electron chi connectivity index (χ4n) is 1.16. The third kappa shape index (κ3) is 4.16. The topological polar surface area (TPSA) is 51.2 Å². The number of hydrogen-bond donors (Lipinski definition) is 1. The molecule has 88 valence electrons. The molecule has 0 saturated carbocycles. The number of halogens is 1. The summed E-state index contributed by atoms with van der Waals surface area (Å²) in [5.74, 6) is -0.241. The molecule has 1 unspecified atom stereocenters. The molecule has 0 aromatic carbocycles. The molecule has 1 aromatic rings. The fraction of sp³-hybridized carbons (Fsp3) is 0.455. The van der Waals surface area contributed by atoms with Gasteiger partial charge in [0.25, 0.3) is 5.91 Å². The number of pyridine rings is 1. The predicted octanol–water partition coefficient (Wildman–Crippen LogP) is 1.89. The molecular formula is C11H15ClN2O2. The van der Waals surface area contributed by atoms with Gasteiger partial charge in [-0.3, -0.25) is 9.78 Å². The van der Waals surface area contributed by atoms with E-state index in [1.807, 2.05) is 13.8 Å². The van der Waals surface area contributed by atoms with Crippen molar-refractivity contribution in [3.05, 3.63) is 29.0 Å². The Morgan fingerprint density at radius 3 is 3.06 bits per heavy atom. The van der Waals surface area contributed by atoms with Gasteiger partial charge in [0, 0.05) is 23.9 Å². The number of carbonyl (C=O) groups excluding carboxylic acids is 1. The lowest BCUT2D eigenvalue weighted by molar-refractivity contribution is 0.0867. The van der Waals surface area contributed by atoms with Crippen molar-refractivity contribution in [1.29, 1.82) is 0 Å². The summed E-state index contributed by atoms with van der Waals surface area (Å²) in [6, 6.07) is 3.11. The van der Waals surface area contributed by atoms with Crippen LogP contribution in [0.25, 0.3) is 0 Å². The zero-order valence-electron chi connectivity index (χ0n) is 9.37. The molecule has 0 bridgehead atoms. The van der Waals surface area contributed by atoms with Crippen LogP contribution in [0.1, 0.15) is 24.3 Å². The second-order valence-electron chi connectivity index (χ2n) is 3.39. The van der Waals surface area contributed by atoms with Crippen LogP contribution in [0.15, 0.2) is 18.3 Å². The summed E-state index contributed by atoms with van der Waals surface area (Å²) in [6.45, 7) is 4.91. The summed E-state index contributed by atoms with van der Waals surface area (Å²) in [5.41, 5.74) is 0.316. The SMILES string of the molecule is CCOCC(C)NC(=O)c1cc(Cl)ccn1. The normalized spacial score (nSPS) is 12.2. The van der Waals surface area contributed by atoms with Crippen molar-refractivity contribution in [3.8, 4) is 0 Å². The van der Waals surface area contributed by atoms with Crippen LogP contribution in [0, 0.1) is 0 Å². The second kappa shape index (κ2) is 6.45. The van der Waals surface area contributed by atoms with E-state index >= 15 is 0 Å². The van der Waals surface area contributed by atoms with E-state index in [-0.39, 0.29) is 11.9 Å². The van der Waals surface area contributed by atoms with E-state index in [0.717, 1.165) is 0 Å². The lowest BCUT2D eigenvalue weighted by Gasteiger charge is -2.13. The van der Waals surface area contributed by atoms with Gasteiger partial charge >= 0.3 is 0 Å². The summed E-state index contributed by atoms with van der Waals surface area (Å²) >= 11 is 5.76. The molecule has 16 heavy (non-hydrogen) atoms. The molecule has 1 N–H and O–H groups in total. The number of nitrogens with zero attached hydrogens (tertiary/aromatic N) is 1. The number of hydrogen-bond acceptors (Lipinski definition) is 3. The first-order valence-electron chi connectivity index (χ1n) is 5.13. The molecule has 0 aliphatic rings. The van der Waals surface area contributed by atoms with Crippen molar-refractivity contribution < 1.29 is 9.53 Å². The van der Waals surface area contributed by atoms with Gasteiger partial charge in [-0.15, -0.1) is 0 Å². The third-order valence-corrected chi connectivity index (χ3v) is 2.14. The van der Waals surface area contributed by atoms with Crippen LogP contribution in [0.2, 0.25) is 5.02 Å². The Kier molecular flexibility index (Phi) is 5.22. The van der Waals surface area contributed by atoms with E-state index in [0.29, 0.717) is 23.9 Å². The molecule has 0 fully saturated rings. The number of ether oxygens (including phenoxy) is 1. The molecule has 1 atom stereocenters. The van der Waals surface area contributed by atoms with Gasteiger partial charge < -0.3 is 10.1 Å². The quantitative estimate of drug-likeness (QED) is 0.858. The number of nitrogens with one attached hydrogen (secondary N) is 1. The molecule has 1 rings (SSSR count). The van der Waals surface area contributed by atoms with Crippen LogP contribution >= 0.6 is 11.6 Å². The Labute approximate surface area is 100.0 Å². The first-order chi connectivity index (χ1) is 7.63. The van der Waals surface area contributed by atoms with Crippen LogP contribution < -0.4 is 5.32 Å². The van der Waals surface area contributed by atoms with Crippen LogP contribution in [0.5, 0.6) is 0 Å². The third-order valence-electron chi connectivity index (χ3n) is 1.90. The maximum Gasteiger partial charge on any atom is 0.270 e. The monoisotopic (exact) mass is 242 g/mol. The highest BCUT2D eigenvalue weighted by atomic mass is 35.5. The first kappa shape index (κ1) is 12.9. The molecular weight excluding hydrogens is 228 g/mol. The van der Waals surface area contributed by atoms with Gasteiger partial charge in [0.1, 0.15) is 5.69 Å². The van der Waals surface area contributed by atoms with Crippen molar-refractivity contribution in [2.75, 3.05) is 13.2 Å². The van der Waals surface area contributed by atoms with Gasteiger partial charge in [-0.25, -0.2) is 0 Å². The van der Waals surface area contributed by atoms with E-state index in [1.165, 1.54) is 12.3 Å². The highest BCUT2D eigenvalue weighted by molar-refractivity contribution is 6.30. The molecule has 5 heteroatoms. The van der Waals surface area contributed by atoms with Gasteiger partial charge in [-0.05, 0) is 26.0 Å². The highest BCUT2D eigenvalue weighted by Crippen LogP contribution is 2.07. The molecule has 1 heterocycles. The van der Waals surface area contributed by atoms with Crippen molar-refractivity contribution >= 4 is 17.5 Å². The van der Waals surface area contributed by atoms with Gasteiger partial charge in [0.2, 0.25) is 0 Å². The van der Waals surface area contributed by atoms with Crippen molar-refractivity contribution in [1.82, 2.24) is 10.3 Å². The van der Waals surface area contributed by atoms with Crippen LogP contribution in [-0.2, 0) is 4.74 Å². The Hall–Kier alpha value is -1.13. The fourth-order valence-corrected chi connectivity index (χ4v) is 1.32. The minimum atomic E-state index is -0.241. The average molecular weight is 243 g/mol. The minimum Gasteiger partial charge on any atom is -0.380 e. The summed E-state index contributed by atoms with van der Waals surface area (Å²) in [7, 11) is 0. The summed E-state index contributed by atoms with van der Waals surface area (Å²) in [4.78, 5) is 15.6. The van der Waals surface area contributed by atoms with Crippen LogP contribution in [-0.4, -0.2) is 30.1 Å². The Morgan fingerprint density at radius 1 is 1.69 bits per heavy atom. The largest absolute Gasteiger partial charge is 0.380 e. The lowest BCUT2D eigenvalue weighted by Crippen LogP contribution is -2.36. The average Bonchev–Trinajstić information content (AvgIpc) is 2.26. The summed E-state index contributed by atoms with van der Waals surface area (Å²) in [5, 5.41) is 3.27. The number of aromatic nitrogens is 1. The lowest BCUT2D eigenvalue weighted by atomic mass is 10.3. The van der Waals surface area contributed by atoms with Crippen LogP contribution in [0.4, 0.5) is 0 Å². The molecule has 0 saturated heterocycles. The smallest absolute Gasteiger partial charge is 0.270 e. The van der Waals surface area contributed by atoms with E-state index in [1.54, 1.807) is 6.07 Å². The van der Waals surface area contributed by atoms with Gasteiger partial charge in [0.05, 0.1) is 6.61 Å². The molecule has 1 aromatic heterocycles. The van der Waals surface area contributed by atoms with E-state index in [9.17, 15) is 4.79 Å². The zero-order chi connectivity index (χ0) is 12.0. The maximum atomic E-state index is 11.7. The van der Waals surface area contributed by atoms with Crippen molar-refractivity contribution in [3.63, 3.8) is 0 Å². The molecule has 0 spiro atoms. The van der Waals surface area contributed by atoms with Crippen LogP contribution in [0.3, 0.4) is 0 Å². The maximum absolute atomic E-state index is 11.7. The predicted molar refractivity (Wildman–Crippen MR) is 62.7 cm³/mol. The second-order valence-corrected chi connectivity index (χ2v) is 3.83. The molecule has 1 amide bonds. The van der Waals surface area contributed by atoms with E-state index in [2.05, 4.69) is 10.3 Å². The Balaban J connectivity index is 2.52. The highest BCUT2D eigenvalue weighted by Gasteiger charge is 2.10. The Bertz CT molecular complexity index is 358. The molecule has 0 aliphatic carbocycles. The minimum absolute atomic E-state index is 0.0479. The Morgan fingerprint density at radius 2 is 2.44 bits per heavy atom. The van der Waals surface area contributed by atoms with Gasteiger partial charge in [-0.2, -0.15) is 0 Å². The molecule has 4 nitrogen and oxygen atoms in total. The van der Waals surface area contributed by atoms with E-state index < -0.39 is 0 Å². The summed E-state index contributed by atoms with van der Waals surface area (Å²) in [6.07, 6.45) is 1.50. The van der Waals surface area contributed by atoms with Crippen molar-refractivity contribution in [2.45, 2.75) is 19.9 Å². The number of carbonyl (C=O) groups is 1. The molecule has 0 aliphatic heterocycles. The summed E-state index contributed by atoms with van der Waals surface area (Å²) < 4.78 is 5.19. The zero-order valence-corrected chi connectivity index (χ0v) is 10.1. The van der Waals surface area contributed by atoms with Gasteiger partial charge in [-0.1, -0.05) is 11.6 Å². The number of rotatable bonds is 5. The van der Waals surface area contributed by atoms with Crippen molar-refractivity contribution in [2.24, 2.45) is 0 Å². The van der Waals surface area contributed by atoms with E-state index in [4.69, 9.17) is 16.3 Å². The first-order valence-corrected chi connectivity index (χ1v) is 5.51.